The number of nitrogens with one attached hydrogen (secondary N) is 1. The van der Waals surface area contributed by atoms with Gasteiger partial charge in [0.25, 0.3) is 10.1 Å². The molecular formula is C7H6N2O3S2. The monoisotopic (exact) mass is 230 g/mol. The Bertz CT molecular complexity index is 527. The summed E-state index contributed by atoms with van der Waals surface area (Å²) in [5.74, 6) is 0. The number of aromatic nitrogens is 2. The molecule has 0 radical (unpaired) electrons. The number of hydrogen-bond acceptors (Lipinski definition) is 4. The van der Waals surface area contributed by atoms with Crippen molar-refractivity contribution < 1.29 is 13.0 Å². The van der Waals surface area contributed by atoms with Gasteiger partial charge in [0.05, 0.1) is 5.69 Å². The van der Waals surface area contributed by atoms with Crippen molar-refractivity contribution in [2.45, 2.75) is 4.90 Å². The van der Waals surface area contributed by atoms with Crippen LogP contribution in [0.1, 0.15) is 0 Å². The van der Waals surface area contributed by atoms with E-state index in [-0.39, 0.29) is 4.90 Å². The summed E-state index contributed by atoms with van der Waals surface area (Å²) in [7, 11) is -4.13. The van der Waals surface area contributed by atoms with Gasteiger partial charge in [0.15, 0.2) is 0 Å². The largest absolute Gasteiger partial charge is 0.358 e. The number of aromatic amines is 1. The third-order valence-corrected chi connectivity index (χ3v) is 3.25. The van der Waals surface area contributed by atoms with Gasteiger partial charge in [0.2, 0.25) is 0 Å². The fourth-order valence-electron chi connectivity index (χ4n) is 1.00. The molecule has 0 fully saturated rings. The average Bonchev–Trinajstić information content (AvgIpc) is 2.73. The number of nitrogens with zero attached hydrogens (tertiary/aromatic N) is 1. The molecule has 2 aromatic rings. The lowest BCUT2D eigenvalue weighted by Gasteiger charge is -1.87. The Balaban J connectivity index is 2.46. The summed E-state index contributed by atoms with van der Waals surface area (Å²) in [6.45, 7) is 0. The molecule has 7 heteroatoms. The zero-order valence-electron chi connectivity index (χ0n) is 6.84. The first kappa shape index (κ1) is 9.38. The zero-order valence-corrected chi connectivity index (χ0v) is 8.47. The highest BCUT2D eigenvalue weighted by Crippen LogP contribution is 2.22. The van der Waals surface area contributed by atoms with Gasteiger partial charge in [-0.1, -0.05) is 0 Å². The number of H-pyrrole nitrogens is 1. The van der Waals surface area contributed by atoms with E-state index in [1.807, 2.05) is 0 Å². The summed E-state index contributed by atoms with van der Waals surface area (Å²) in [5.41, 5.74) is 0.577. The third kappa shape index (κ3) is 1.69. The van der Waals surface area contributed by atoms with Crippen LogP contribution in [0, 0.1) is 0 Å². The highest BCUT2D eigenvalue weighted by molar-refractivity contribution is 7.85. The van der Waals surface area contributed by atoms with Gasteiger partial charge in [-0.05, 0) is 6.07 Å². The quantitative estimate of drug-likeness (QED) is 0.763. The predicted octanol–water partition coefficient (Wildman–Crippen LogP) is 1.38. The zero-order chi connectivity index (χ0) is 10.2. The van der Waals surface area contributed by atoms with E-state index in [1.165, 1.54) is 23.6 Å². The van der Waals surface area contributed by atoms with Crippen LogP contribution in [0.4, 0.5) is 0 Å². The van der Waals surface area contributed by atoms with E-state index in [0.717, 1.165) is 0 Å². The van der Waals surface area contributed by atoms with E-state index >= 15 is 0 Å². The Kier molecular flexibility index (Phi) is 2.14. The Morgan fingerprint density at radius 1 is 1.50 bits per heavy atom. The number of thiazole rings is 1. The van der Waals surface area contributed by atoms with E-state index in [2.05, 4.69) is 9.97 Å². The van der Waals surface area contributed by atoms with E-state index in [0.29, 0.717) is 10.7 Å². The summed E-state index contributed by atoms with van der Waals surface area (Å²) in [6, 6.07) is 1.34. The first-order valence-electron chi connectivity index (χ1n) is 3.63. The van der Waals surface area contributed by atoms with E-state index in [4.69, 9.17) is 4.55 Å². The van der Waals surface area contributed by atoms with Gasteiger partial charge in [-0.3, -0.25) is 4.55 Å². The fraction of sp³-hybridized carbons (Fsp3) is 0. The van der Waals surface area contributed by atoms with Crippen molar-refractivity contribution in [2.24, 2.45) is 0 Å². The normalized spacial score (nSPS) is 11.8. The Hall–Kier alpha value is -1.18. The minimum absolute atomic E-state index is 0.150. The van der Waals surface area contributed by atoms with Crippen molar-refractivity contribution in [1.29, 1.82) is 0 Å². The second-order valence-electron chi connectivity index (χ2n) is 2.56. The van der Waals surface area contributed by atoms with Crippen molar-refractivity contribution >= 4 is 21.5 Å². The topological polar surface area (TPSA) is 83.0 Å². The second kappa shape index (κ2) is 3.19. The maximum absolute atomic E-state index is 10.7. The Morgan fingerprint density at radius 3 is 2.79 bits per heavy atom. The van der Waals surface area contributed by atoms with E-state index in [9.17, 15) is 8.42 Å². The molecule has 0 saturated carbocycles. The SMILES string of the molecule is O=S(=O)(O)c1c[nH]c(-c2nccs2)c1. The Morgan fingerprint density at radius 2 is 2.29 bits per heavy atom. The standard InChI is InChI=1S/C7H6N2O3S2/c10-14(11,12)5-3-6(9-4-5)7-8-1-2-13-7/h1-4,9H,(H,10,11,12). The van der Waals surface area contributed by atoms with Crippen LogP contribution >= 0.6 is 11.3 Å². The first-order chi connectivity index (χ1) is 6.57. The second-order valence-corrected chi connectivity index (χ2v) is 4.88. The van der Waals surface area contributed by atoms with Crippen LogP contribution in [0.2, 0.25) is 0 Å². The number of hydrogen-bond donors (Lipinski definition) is 2. The summed E-state index contributed by atoms with van der Waals surface area (Å²) < 4.78 is 30.2. The number of rotatable bonds is 2. The minimum Gasteiger partial charge on any atom is -0.358 e. The van der Waals surface area contributed by atoms with Gasteiger partial charge >= 0.3 is 0 Å². The molecule has 0 aromatic carbocycles. The highest BCUT2D eigenvalue weighted by atomic mass is 32.2. The lowest BCUT2D eigenvalue weighted by Crippen LogP contribution is -1.94. The minimum atomic E-state index is -4.13. The molecule has 2 N–H and O–H groups in total. The van der Waals surface area contributed by atoms with Crippen LogP contribution in [0.25, 0.3) is 10.7 Å². The van der Waals surface area contributed by atoms with Gasteiger partial charge in [-0.15, -0.1) is 11.3 Å². The van der Waals surface area contributed by atoms with Crippen LogP contribution in [0.5, 0.6) is 0 Å². The molecule has 0 aliphatic carbocycles. The smallest absolute Gasteiger partial charge is 0.296 e. The van der Waals surface area contributed by atoms with Crippen molar-refractivity contribution in [2.75, 3.05) is 0 Å². The Labute approximate surface area is 84.2 Å². The molecule has 0 spiro atoms. The third-order valence-electron chi connectivity index (χ3n) is 1.62. The summed E-state index contributed by atoms with van der Waals surface area (Å²) in [5, 5.41) is 2.46. The maximum Gasteiger partial charge on any atom is 0.296 e. The lowest BCUT2D eigenvalue weighted by atomic mass is 10.4. The van der Waals surface area contributed by atoms with E-state index < -0.39 is 10.1 Å². The highest BCUT2D eigenvalue weighted by Gasteiger charge is 2.13. The predicted molar refractivity (Wildman–Crippen MR) is 51.7 cm³/mol. The van der Waals surface area contributed by atoms with Gasteiger partial charge in [0, 0.05) is 17.8 Å². The van der Waals surface area contributed by atoms with Gasteiger partial charge < -0.3 is 4.98 Å². The molecule has 0 unspecified atom stereocenters. The molecule has 5 nitrogen and oxygen atoms in total. The van der Waals surface area contributed by atoms with Gasteiger partial charge in [-0.25, -0.2) is 4.98 Å². The van der Waals surface area contributed by atoms with Gasteiger partial charge in [-0.2, -0.15) is 8.42 Å². The molecular weight excluding hydrogens is 224 g/mol. The molecule has 2 rings (SSSR count). The molecule has 0 bridgehead atoms. The molecule has 14 heavy (non-hydrogen) atoms. The lowest BCUT2D eigenvalue weighted by molar-refractivity contribution is 0.483. The van der Waals surface area contributed by atoms with Crippen molar-refractivity contribution in [1.82, 2.24) is 9.97 Å². The average molecular weight is 230 g/mol. The summed E-state index contributed by atoms with van der Waals surface area (Å²) in [6.07, 6.45) is 2.85. The van der Waals surface area contributed by atoms with Gasteiger partial charge in [0.1, 0.15) is 9.90 Å². The van der Waals surface area contributed by atoms with Crippen LogP contribution in [0.3, 0.4) is 0 Å². The summed E-state index contributed by atoms with van der Waals surface area (Å²) in [4.78, 5) is 6.57. The first-order valence-corrected chi connectivity index (χ1v) is 5.95. The molecule has 2 aromatic heterocycles. The molecule has 0 aliphatic heterocycles. The van der Waals surface area contributed by atoms with Crippen LogP contribution in [0.15, 0.2) is 28.7 Å². The summed E-state index contributed by atoms with van der Waals surface area (Å²) >= 11 is 1.38. The van der Waals surface area contributed by atoms with Crippen LogP contribution in [-0.2, 0) is 10.1 Å². The van der Waals surface area contributed by atoms with E-state index in [1.54, 1.807) is 11.6 Å². The molecule has 0 atom stereocenters. The van der Waals surface area contributed by atoms with Crippen LogP contribution < -0.4 is 0 Å². The van der Waals surface area contributed by atoms with Crippen molar-refractivity contribution in [3.05, 3.63) is 23.8 Å². The van der Waals surface area contributed by atoms with Crippen LogP contribution in [-0.4, -0.2) is 22.9 Å². The maximum atomic E-state index is 10.7. The molecule has 0 aliphatic rings. The molecule has 74 valence electrons. The molecule has 0 amide bonds. The van der Waals surface area contributed by atoms with Crippen molar-refractivity contribution in [3.63, 3.8) is 0 Å². The molecule has 0 saturated heterocycles. The fourth-order valence-corrected chi connectivity index (χ4v) is 2.10. The molecule has 2 heterocycles. The van der Waals surface area contributed by atoms with Crippen molar-refractivity contribution in [3.8, 4) is 10.7 Å².